The molecule has 0 saturated carbocycles. The number of anilines is 1. The average molecular weight is 364 g/mol. The number of hydrogen-bond acceptors (Lipinski definition) is 4. The van der Waals surface area contributed by atoms with Crippen LogP contribution in [0.4, 0.5) is 5.82 Å². The van der Waals surface area contributed by atoms with Gasteiger partial charge in [-0.25, -0.2) is 4.98 Å². The van der Waals surface area contributed by atoms with Crippen molar-refractivity contribution in [2.75, 3.05) is 44.7 Å². The zero-order chi connectivity index (χ0) is 18.5. The second-order valence-corrected chi connectivity index (χ2v) is 7.43. The summed E-state index contributed by atoms with van der Waals surface area (Å²) in [6.45, 7) is 5.32. The number of nitrogens with zero attached hydrogens (tertiary/aromatic N) is 3. The molecule has 2 aromatic rings. The van der Waals surface area contributed by atoms with Crippen LogP contribution < -0.4 is 9.64 Å². The van der Waals surface area contributed by atoms with Crippen LogP contribution in [0.25, 0.3) is 0 Å². The van der Waals surface area contributed by atoms with Gasteiger partial charge in [-0.15, -0.1) is 0 Å². The molecule has 4 nitrogen and oxygen atoms in total. The minimum atomic E-state index is 0.527. The van der Waals surface area contributed by atoms with E-state index in [9.17, 15) is 0 Å². The summed E-state index contributed by atoms with van der Waals surface area (Å²) < 4.78 is 5.57. The molecule has 1 fully saturated rings. The first-order chi connectivity index (χ1) is 13.3. The first-order valence-electron chi connectivity index (χ1n) is 10.1. The Bertz CT molecular complexity index is 766. The van der Waals surface area contributed by atoms with Gasteiger partial charge in [-0.05, 0) is 48.6 Å². The van der Waals surface area contributed by atoms with Crippen molar-refractivity contribution in [1.29, 1.82) is 0 Å². The van der Waals surface area contributed by atoms with Crippen LogP contribution in [-0.4, -0.2) is 49.7 Å². The lowest BCUT2D eigenvalue weighted by Gasteiger charge is -2.35. The molecule has 0 bridgehead atoms. The molecule has 1 aromatic carbocycles. The lowest BCUT2D eigenvalue weighted by atomic mass is 9.82. The molecule has 1 unspecified atom stereocenters. The summed E-state index contributed by atoms with van der Waals surface area (Å²) >= 11 is 0. The van der Waals surface area contributed by atoms with Crippen molar-refractivity contribution in [3.63, 3.8) is 0 Å². The summed E-state index contributed by atoms with van der Waals surface area (Å²) in [5.74, 6) is 2.68. The SMILES string of the molecule is COc1cccc2c1CCCC2C=CCN1CCN(c2ccccn2)CC1. The van der Waals surface area contributed by atoms with E-state index >= 15 is 0 Å². The van der Waals surface area contributed by atoms with Crippen LogP contribution in [0.3, 0.4) is 0 Å². The van der Waals surface area contributed by atoms with Gasteiger partial charge in [0.15, 0.2) is 0 Å². The van der Waals surface area contributed by atoms with Crippen molar-refractivity contribution in [3.8, 4) is 5.75 Å². The van der Waals surface area contributed by atoms with Gasteiger partial charge in [0.2, 0.25) is 0 Å². The van der Waals surface area contributed by atoms with Crippen LogP contribution in [-0.2, 0) is 6.42 Å². The second kappa shape index (κ2) is 8.57. The summed E-state index contributed by atoms with van der Waals surface area (Å²) in [6.07, 6.45) is 10.3. The Balaban J connectivity index is 1.32. The van der Waals surface area contributed by atoms with E-state index in [2.05, 4.69) is 57.3 Å². The largest absolute Gasteiger partial charge is 0.496 e. The number of fused-ring (bicyclic) bond motifs is 1. The molecule has 142 valence electrons. The van der Waals surface area contributed by atoms with Crippen molar-refractivity contribution in [2.24, 2.45) is 0 Å². The minimum absolute atomic E-state index is 0.527. The van der Waals surface area contributed by atoms with E-state index in [1.807, 2.05) is 12.3 Å². The number of aromatic nitrogens is 1. The average Bonchev–Trinajstić information content (AvgIpc) is 2.74. The van der Waals surface area contributed by atoms with Crippen molar-refractivity contribution in [2.45, 2.75) is 25.2 Å². The maximum atomic E-state index is 5.57. The van der Waals surface area contributed by atoms with E-state index in [4.69, 9.17) is 4.74 Å². The fraction of sp³-hybridized carbons (Fsp3) is 0.435. The monoisotopic (exact) mass is 363 g/mol. The van der Waals surface area contributed by atoms with Crippen LogP contribution in [0.1, 0.15) is 29.9 Å². The Morgan fingerprint density at radius 1 is 1.11 bits per heavy atom. The molecule has 1 aliphatic carbocycles. The lowest BCUT2D eigenvalue weighted by Crippen LogP contribution is -2.46. The molecule has 1 saturated heterocycles. The molecule has 1 aliphatic heterocycles. The molecule has 4 rings (SSSR count). The third-order valence-corrected chi connectivity index (χ3v) is 5.81. The van der Waals surface area contributed by atoms with E-state index in [-0.39, 0.29) is 0 Å². The summed E-state index contributed by atoms with van der Waals surface area (Å²) in [5.41, 5.74) is 2.86. The van der Waals surface area contributed by atoms with Gasteiger partial charge in [0.25, 0.3) is 0 Å². The highest BCUT2D eigenvalue weighted by Gasteiger charge is 2.21. The van der Waals surface area contributed by atoms with Gasteiger partial charge < -0.3 is 9.64 Å². The minimum Gasteiger partial charge on any atom is -0.496 e. The molecular weight excluding hydrogens is 334 g/mol. The van der Waals surface area contributed by atoms with Gasteiger partial charge in [0.1, 0.15) is 11.6 Å². The highest BCUT2D eigenvalue weighted by Crippen LogP contribution is 2.37. The third kappa shape index (κ3) is 4.16. The molecule has 0 radical (unpaired) electrons. The number of rotatable bonds is 5. The highest BCUT2D eigenvalue weighted by atomic mass is 16.5. The van der Waals surface area contributed by atoms with E-state index in [0.29, 0.717) is 5.92 Å². The topological polar surface area (TPSA) is 28.6 Å². The van der Waals surface area contributed by atoms with Crippen LogP contribution in [0, 0.1) is 0 Å². The van der Waals surface area contributed by atoms with Crippen molar-refractivity contribution >= 4 is 5.82 Å². The summed E-state index contributed by atoms with van der Waals surface area (Å²) in [6, 6.07) is 12.6. The molecule has 0 amide bonds. The number of benzene rings is 1. The maximum absolute atomic E-state index is 5.57. The standard InChI is InChI=1S/C23H29N3O/c1-27-22-11-5-9-20-19(7-4-10-21(20)22)8-6-14-25-15-17-26(18-16-25)23-12-2-3-13-24-23/h2-3,5-6,8-9,11-13,19H,4,7,10,14-18H2,1H3. The predicted molar refractivity (Wildman–Crippen MR) is 111 cm³/mol. The van der Waals surface area contributed by atoms with Gasteiger partial charge >= 0.3 is 0 Å². The molecule has 4 heteroatoms. The Morgan fingerprint density at radius 2 is 2.00 bits per heavy atom. The maximum Gasteiger partial charge on any atom is 0.128 e. The number of allylic oxidation sites excluding steroid dienone is 1. The first-order valence-corrected chi connectivity index (χ1v) is 10.1. The molecule has 1 atom stereocenters. The predicted octanol–water partition coefficient (Wildman–Crippen LogP) is 3.89. The fourth-order valence-electron chi connectivity index (χ4n) is 4.32. The normalized spacial score (nSPS) is 20.6. The quantitative estimate of drug-likeness (QED) is 0.754. The number of pyridine rings is 1. The molecule has 0 N–H and O–H groups in total. The zero-order valence-electron chi connectivity index (χ0n) is 16.2. The zero-order valence-corrected chi connectivity index (χ0v) is 16.2. The first kappa shape index (κ1) is 18.1. The summed E-state index contributed by atoms with van der Waals surface area (Å²) in [5, 5.41) is 0. The van der Waals surface area contributed by atoms with Crippen LogP contribution in [0.2, 0.25) is 0 Å². The molecule has 2 aliphatic rings. The number of hydrogen-bond donors (Lipinski definition) is 0. The summed E-state index contributed by atoms with van der Waals surface area (Å²) in [7, 11) is 1.78. The lowest BCUT2D eigenvalue weighted by molar-refractivity contribution is 0.283. The van der Waals surface area contributed by atoms with Gasteiger partial charge in [0.05, 0.1) is 7.11 Å². The van der Waals surface area contributed by atoms with Crippen LogP contribution in [0.15, 0.2) is 54.7 Å². The van der Waals surface area contributed by atoms with Crippen molar-refractivity contribution in [1.82, 2.24) is 9.88 Å². The Kier molecular flexibility index (Phi) is 5.73. The van der Waals surface area contributed by atoms with E-state index < -0.39 is 0 Å². The number of methoxy groups -OCH3 is 1. The van der Waals surface area contributed by atoms with E-state index in [0.717, 1.165) is 50.7 Å². The van der Waals surface area contributed by atoms with Gasteiger partial charge in [0, 0.05) is 44.8 Å². The molecule has 0 spiro atoms. The van der Waals surface area contributed by atoms with Crippen LogP contribution in [0.5, 0.6) is 5.75 Å². The molecule has 1 aromatic heterocycles. The Morgan fingerprint density at radius 3 is 2.78 bits per heavy atom. The van der Waals surface area contributed by atoms with E-state index in [1.54, 1.807) is 7.11 Å². The smallest absolute Gasteiger partial charge is 0.128 e. The van der Waals surface area contributed by atoms with Gasteiger partial charge in [-0.2, -0.15) is 0 Å². The second-order valence-electron chi connectivity index (χ2n) is 7.43. The molecule has 27 heavy (non-hydrogen) atoms. The van der Waals surface area contributed by atoms with Crippen LogP contribution >= 0.6 is 0 Å². The van der Waals surface area contributed by atoms with Gasteiger partial charge in [-0.3, -0.25) is 4.90 Å². The van der Waals surface area contributed by atoms with E-state index in [1.165, 1.54) is 24.0 Å². The van der Waals surface area contributed by atoms with Crippen molar-refractivity contribution < 1.29 is 4.74 Å². The van der Waals surface area contributed by atoms with Crippen molar-refractivity contribution in [3.05, 3.63) is 65.9 Å². The number of ether oxygens (including phenoxy) is 1. The highest BCUT2D eigenvalue weighted by molar-refractivity contribution is 5.45. The number of piperazine rings is 1. The molecule has 2 heterocycles. The van der Waals surface area contributed by atoms with Gasteiger partial charge in [-0.1, -0.05) is 30.4 Å². The summed E-state index contributed by atoms with van der Waals surface area (Å²) in [4.78, 5) is 9.38. The third-order valence-electron chi connectivity index (χ3n) is 5.81. The Labute approximate surface area is 162 Å². The Hall–Kier alpha value is -2.33. The molecular formula is C23H29N3O. The fourth-order valence-corrected chi connectivity index (χ4v) is 4.32.